The molecule has 4 nitrogen and oxygen atoms in total. The van der Waals surface area contributed by atoms with Gasteiger partial charge in [-0.25, -0.2) is 4.39 Å². The molecule has 2 N–H and O–H groups in total. The van der Waals surface area contributed by atoms with Crippen molar-refractivity contribution in [3.63, 3.8) is 0 Å². The van der Waals surface area contributed by atoms with E-state index >= 15 is 0 Å². The highest BCUT2D eigenvalue weighted by atomic mass is 19.1. The largest absolute Gasteiger partial charge is 0.482 e. The quantitative estimate of drug-likeness (QED) is 0.336. The average molecular weight is 280 g/mol. The van der Waals surface area contributed by atoms with Crippen LogP contribution in [0, 0.1) is 0 Å². The second kappa shape index (κ2) is 9.78. The zero-order valence-electron chi connectivity index (χ0n) is 12.1. The van der Waals surface area contributed by atoms with Crippen molar-refractivity contribution in [2.45, 2.75) is 6.92 Å². The first-order valence-corrected chi connectivity index (χ1v) is 6.07. The van der Waals surface area contributed by atoms with Crippen molar-refractivity contribution >= 4 is 5.91 Å². The van der Waals surface area contributed by atoms with E-state index in [-0.39, 0.29) is 19.1 Å². The fourth-order valence-corrected chi connectivity index (χ4v) is 1.18. The van der Waals surface area contributed by atoms with Crippen LogP contribution in [0.2, 0.25) is 0 Å². The number of halogens is 1. The van der Waals surface area contributed by atoms with E-state index in [4.69, 9.17) is 10.5 Å². The number of allylic oxidation sites excluding steroid dienone is 2. The molecule has 0 spiro atoms. The summed E-state index contributed by atoms with van der Waals surface area (Å²) in [6.45, 7) is 5.33. The third-order valence-electron chi connectivity index (χ3n) is 2.38. The molecule has 0 aromatic heterocycles. The Balaban J connectivity index is 4.77. The van der Waals surface area contributed by atoms with Crippen LogP contribution in [0.25, 0.3) is 0 Å². The summed E-state index contributed by atoms with van der Waals surface area (Å²) < 4.78 is 17.6. The molecule has 0 aliphatic carbocycles. The maximum Gasteiger partial charge on any atom is 0.252 e. The lowest BCUT2D eigenvalue weighted by Crippen LogP contribution is -2.22. The van der Waals surface area contributed by atoms with Crippen LogP contribution >= 0.6 is 0 Å². The molecule has 0 aliphatic rings. The number of amides is 1. The lowest BCUT2D eigenvalue weighted by atomic mass is 10.2. The molecule has 0 saturated heterocycles. The smallest absolute Gasteiger partial charge is 0.252 e. The molecule has 0 fully saturated rings. The Morgan fingerprint density at radius 3 is 2.50 bits per heavy atom. The number of rotatable bonds is 7. The Bertz CT molecular complexity index is 470. The van der Waals surface area contributed by atoms with Crippen molar-refractivity contribution in [1.29, 1.82) is 0 Å². The highest BCUT2D eigenvalue weighted by Crippen LogP contribution is 2.07. The van der Waals surface area contributed by atoms with Crippen LogP contribution in [-0.4, -0.2) is 38.1 Å². The number of nitrogens with zero attached hydrogens (tertiary/aromatic N) is 1. The summed E-state index contributed by atoms with van der Waals surface area (Å²) in [5, 5.41) is 0. The minimum atomic E-state index is -0.126. The molecule has 0 aromatic carbocycles. The van der Waals surface area contributed by atoms with Gasteiger partial charge in [-0.15, -0.1) is 0 Å². The van der Waals surface area contributed by atoms with E-state index in [0.29, 0.717) is 23.2 Å². The zero-order chi connectivity index (χ0) is 15.5. The summed E-state index contributed by atoms with van der Waals surface area (Å²) in [5.74, 6) is 0.183. The van der Waals surface area contributed by atoms with Crippen LogP contribution in [0.5, 0.6) is 0 Å². The van der Waals surface area contributed by atoms with Gasteiger partial charge in [0.1, 0.15) is 6.61 Å². The van der Waals surface area contributed by atoms with Gasteiger partial charge >= 0.3 is 0 Å². The number of carbonyl (C=O) groups excluding carboxylic acids is 1. The summed E-state index contributed by atoms with van der Waals surface area (Å²) in [7, 11) is 3.33. The fourth-order valence-electron chi connectivity index (χ4n) is 1.18. The molecule has 0 bridgehead atoms. The summed E-state index contributed by atoms with van der Waals surface area (Å²) in [6, 6.07) is 0. The number of nitrogens with two attached hydrogens (primary N) is 1. The number of hydrogen-bond acceptors (Lipinski definition) is 3. The van der Waals surface area contributed by atoms with Gasteiger partial charge in [0.25, 0.3) is 5.91 Å². The average Bonchev–Trinajstić information content (AvgIpc) is 2.45. The second-order valence-corrected chi connectivity index (χ2v) is 4.08. The summed E-state index contributed by atoms with van der Waals surface area (Å²) in [5.41, 5.74) is 8.71. The molecular formula is C15H21FN2O2. The topological polar surface area (TPSA) is 55.6 Å². The molecule has 0 aromatic rings. The molecule has 110 valence electrons. The Labute approximate surface area is 119 Å². The van der Waals surface area contributed by atoms with Gasteiger partial charge < -0.3 is 15.4 Å². The molecule has 20 heavy (non-hydrogen) atoms. The van der Waals surface area contributed by atoms with E-state index in [1.807, 2.05) is 0 Å². The normalized spacial score (nSPS) is 12.2. The molecule has 0 radical (unpaired) electrons. The van der Waals surface area contributed by atoms with Gasteiger partial charge in [-0.3, -0.25) is 4.79 Å². The Hall–Kier alpha value is -2.10. The monoisotopic (exact) mass is 280 g/mol. The van der Waals surface area contributed by atoms with E-state index in [2.05, 4.69) is 12.3 Å². The van der Waals surface area contributed by atoms with E-state index < -0.39 is 0 Å². The van der Waals surface area contributed by atoms with Gasteiger partial charge in [0.2, 0.25) is 0 Å². The molecule has 0 saturated carbocycles. The van der Waals surface area contributed by atoms with Crippen LogP contribution in [0.3, 0.4) is 0 Å². The predicted octanol–water partition coefficient (Wildman–Crippen LogP) is 2.07. The molecule has 0 heterocycles. The van der Waals surface area contributed by atoms with E-state index in [0.717, 1.165) is 0 Å². The van der Waals surface area contributed by atoms with Gasteiger partial charge in [0, 0.05) is 31.8 Å². The van der Waals surface area contributed by atoms with Crippen LogP contribution in [0.15, 0.2) is 53.8 Å². The standard InChI is InChI=1S/C15H21FN2O2/c1-5-13(15(19)18(3)4)7-8-14(6-2)20-11-12(9-16)10-17/h5,7-9H,2,10-11,17H2,1,3-4H3. The first-order valence-electron chi connectivity index (χ1n) is 6.07. The molecule has 0 atom stereocenters. The maximum absolute atomic E-state index is 12.3. The SMILES string of the molecule is C=C=C(C=CC(=CC)C(=O)N(C)C)OCC(=CF)CN. The molecule has 1 amide bonds. The number of hydrogen-bond donors (Lipinski definition) is 1. The van der Waals surface area contributed by atoms with Crippen LogP contribution in [0.4, 0.5) is 4.39 Å². The van der Waals surface area contributed by atoms with Crippen molar-refractivity contribution in [2.24, 2.45) is 5.73 Å². The predicted molar refractivity (Wildman–Crippen MR) is 78.4 cm³/mol. The summed E-state index contributed by atoms with van der Waals surface area (Å²) in [4.78, 5) is 13.2. The highest BCUT2D eigenvalue weighted by molar-refractivity contribution is 5.95. The lowest BCUT2D eigenvalue weighted by Gasteiger charge is -2.10. The first-order chi connectivity index (χ1) is 9.49. The van der Waals surface area contributed by atoms with E-state index in [1.54, 1.807) is 39.2 Å². The van der Waals surface area contributed by atoms with E-state index in [9.17, 15) is 9.18 Å². The third kappa shape index (κ3) is 6.18. The van der Waals surface area contributed by atoms with Gasteiger partial charge in [0.05, 0.1) is 6.33 Å². The minimum absolute atomic E-state index is 0.0159. The van der Waals surface area contributed by atoms with Crippen molar-refractivity contribution in [3.8, 4) is 0 Å². The van der Waals surface area contributed by atoms with Crippen LogP contribution in [-0.2, 0) is 9.53 Å². The van der Waals surface area contributed by atoms with Crippen LogP contribution in [0.1, 0.15) is 6.92 Å². The third-order valence-corrected chi connectivity index (χ3v) is 2.38. The molecule has 0 unspecified atom stereocenters. The van der Waals surface area contributed by atoms with Gasteiger partial charge in [-0.2, -0.15) is 0 Å². The highest BCUT2D eigenvalue weighted by Gasteiger charge is 2.07. The zero-order valence-corrected chi connectivity index (χ0v) is 12.1. The Morgan fingerprint density at radius 1 is 1.45 bits per heavy atom. The summed E-state index contributed by atoms with van der Waals surface area (Å²) >= 11 is 0. The van der Waals surface area contributed by atoms with Crippen molar-refractivity contribution in [2.75, 3.05) is 27.2 Å². The number of carbonyl (C=O) groups is 1. The molecule has 5 heteroatoms. The van der Waals surface area contributed by atoms with Gasteiger partial charge in [0.15, 0.2) is 5.76 Å². The van der Waals surface area contributed by atoms with Gasteiger partial charge in [-0.1, -0.05) is 18.4 Å². The second-order valence-electron chi connectivity index (χ2n) is 4.08. The Morgan fingerprint density at radius 2 is 2.10 bits per heavy atom. The summed E-state index contributed by atoms with van der Waals surface area (Å²) in [6.07, 6.45) is 5.25. The van der Waals surface area contributed by atoms with E-state index in [1.165, 1.54) is 4.90 Å². The first kappa shape index (κ1) is 17.9. The minimum Gasteiger partial charge on any atom is -0.482 e. The van der Waals surface area contributed by atoms with Gasteiger partial charge in [-0.05, 0) is 19.1 Å². The van der Waals surface area contributed by atoms with Crippen molar-refractivity contribution in [1.82, 2.24) is 4.90 Å². The Kier molecular flexibility index (Phi) is 8.75. The molecular weight excluding hydrogens is 259 g/mol. The number of ether oxygens (including phenoxy) is 1. The van der Waals surface area contributed by atoms with Crippen molar-refractivity contribution in [3.05, 3.63) is 53.8 Å². The molecule has 0 aliphatic heterocycles. The fraction of sp³-hybridized carbons (Fsp3) is 0.333. The number of likely N-dealkylation sites (N-methyl/N-ethyl adjacent to an activating group) is 1. The lowest BCUT2D eigenvalue weighted by molar-refractivity contribution is -0.124. The maximum atomic E-state index is 12.3. The van der Waals surface area contributed by atoms with Crippen LogP contribution < -0.4 is 5.73 Å². The van der Waals surface area contributed by atoms with Crippen molar-refractivity contribution < 1.29 is 13.9 Å². The molecule has 0 rings (SSSR count).